The normalized spacial score (nSPS) is 26.5. The first-order chi connectivity index (χ1) is 12.0. The van der Waals surface area contributed by atoms with Crippen LogP contribution in [0.15, 0.2) is 6.20 Å². The third-order valence-corrected chi connectivity index (χ3v) is 5.02. The largest absolute Gasteiger partial charge is 0.465 e. The van der Waals surface area contributed by atoms with Crippen molar-refractivity contribution >= 4 is 11.9 Å². The number of carbonyl (C=O) groups is 1. The van der Waals surface area contributed by atoms with E-state index in [1.165, 1.54) is 11.1 Å². The molecular weight excluding hydrogens is 342 g/mol. The zero-order valence-electron chi connectivity index (χ0n) is 15.5. The fraction of sp³-hybridized carbons (Fsp3) is 0.750. The number of carboxylic acid groups (broad SMARTS) is 1. The van der Waals surface area contributed by atoms with Crippen molar-refractivity contribution in [2.75, 3.05) is 26.2 Å². The zero-order valence-corrected chi connectivity index (χ0v) is 15.5. The van der Waals surface area contributed by atoms with Gasteiger partial charge >= 0.3 is 17.9 Å². The number of hydrogen-bond donors (Lipinski definition) is 1. The van der Waals surface area contributed by atoms with Crippen LogP contribution in [0.25, 0.3) is 0 Å². The number of aromatic nitrogens is 2. The molecule has 0 spiro atoms. The number of nitro groups is 1. The molecular formula is C16H25N5O5. The lowest BCUT2D eigenvalue weighted by molar-refractivity contribution is -0.389. The molecule has 10 nitrogen and oxygen atoms in total. The highest BCUT2D eigenvalue weighted by molar-refractivity contribution is 5.65. The molecule has 0 radical (unpaired) electrons. The summed E-state index contributed by atoms with van der Waals surface area (Å²) < 4.78 is 7.56. The van der Waals surface area contributed by atoms with Crippen LogP contribution < -0.4 is 4.74 Å². The van der Waals surface area contributed by atoms with Gasteiger partial charge in [-0.1, -0.05) is 20.8 Å². The van der Waals surface area contributed by atoms with E-state index in [9.17, 15) is 20.0 Å². The van der Waals surface area contributed by atoms with E-state index < -0.39 is 16.6 Å². The van der Waals surface area contributed by atoms with E-state index in [-0.39, 0.29) is 23.3 Å². The first-order valence-electron chi connectivity index (χ1n) is 8.61. The summed E-state index contributed by atoms with van der Waals surface area (Å²) >= 11 is 0. The Morgan fingerprint density at radius 2 is 2.19 bits per heavy atom. The average Bonchev–Trinajstić information content (AvgIpc) is 3.00. The SMILES string of the molecule is CC1(CN2CCN(C(=O)O)C(C(C)(C)C)C2)Cn2cc([N+](=O)[O-])nc2O1. The predicted molar refractivity (Wildman–Crippen MR) is 92.3 cm³/mol. The van der Waals surface area contributed by atoms with Gasteiger partial charge in [-0.25, -0.2) is 4.79 Å². The summed E-state index contributed by atoms with van der Waals surface area (Å²) in [5.41, 5.74) is -0.729. The van der Waals surface area contributed by atoms with Gasteiger partial charge in [-0.2, -0.15) is 0 Å². The van der Waals surface area contributed by atoms with Crippen LogP contribution in [0, 0.1) is 15.5 Å². The molecule has 1 aromatic heterocycles. The number of imidazole rings is 1. The summed E-state index contributed by atoms with van der Waals surface area (Å²) in [5.74, 6) is -0.218. The molecule has 1 fully saturated rings. The fourth-order valence-electron chi connectivity index (χ4n) is 3.79. The second-order valence-electron chi connectivity index (χ2n) is 8.41. The van der Waals surface area contributed by atoms with Crippen molar-refractivity contribution in [1.82, 2.24) is 19.4 Å². The Hall–Kier alpha value is -2.36. The summed E-state index contributed by atoms with van der Waals surface area (Å²) in [4.78, 5) is 29.4. The Morgan fingerprint density at radius 3 is 2.73 bits per heavy atom. The monoisotopic (exact) mass is 367 g/mol. The first kappa shape index (κ1) is 18.4. The number of ether oxygens (including phenoxy) is 1. The molecule has 26 heavy (non-hydrogen) atoms. The van der Waals surface area contributed by atoms with E-state index in [0.29, 0.717) is 32.7 Å². The molecule has 1 N–H and O–H groups in total. The van der Waals surface area contributed by atoms with Gasteiger partial charge in [0, 0.05) is 31.2 Å². The average molecular weight is 367 g/mol. The van der Waals surface area contributed by atoms with Crippen molar-refractivity contribution in [2.24, 2.45) is 5.41 Å². The number of rotatable bonds is 3. The molecule has 10 heteroatoms. The maximum atomic E-state index is 11.5. The third kappa shape index (κ3) is 3.46. The molecule has 1 aromatic rings. The highest BCUT2D eigenvalue weighted by atomic mass is 16.6. The van der Waals surface area contributed by atoms with E-state index >= 15 is 0 Å². The van der Waals surface area contributed by atoms with Crippen LogP contribution in [0.4, 0.5) is 10.6 Å². The molecule has 2 aliphatic rings. The van der Waals surface area contributed by atoms with Gasteiger partial charge in [0.1, 0.15) is 11.8 Å². The maximum Gasteiger partial charge on any atom is 0.415 e. The molecule has 1 amide bonds. The summed E-state index contributed by atoms with van der Waals surface area (Å²) in [6.45, 7) is 10.8. The lowest BCUT2D eigenvalue weighted by atomic mass is 9.84. The van der Waals surface area contributed by atoms with Crippen molar-refractivity contribution in [3.8, 4) is 6.01 Å². The summed E-state index contributed by atoms with van der Waals surface area (Å²) in [6.07, 6.45) is 0.501. The second-order valence-corrected chi connectivity index (χ2v) is 8.41. The van der Waals surface area contributed by atoms with Crippen molar-refractivity contribution in [2.45, 2.75) is 45.9 Å². The molecule has 3 rings (SSSR count). The minimum Gasteiger partial charge on any atom is -0.465 e. The van der Waals surface area contributed by atoms with Crippen LogP contribution >= 0.6 is 0 Å². The van der Waals surface area contributed by atoms with Crippen LogP contribution in [-0.4, -0.2) is 73.3 Å². The Labute approximate surface area is 151 Å². The van der Waals surface area contributed by atoms with Gasteiger partial charge in [-0.3, -0.25) is 9.47 Å². The number of piperazine rings is 1. The molecule has 2 unspecified atom stereocenters. The van der Waals surface area contributed by atoms with Crippen molar-refractivity contribution in [3.63, 3.8) is 0 Å². The van der Waals surface area contributed by atoms with E-state index in [2.05, 4.69) is 9.88 Å². The Morgan fingerprint density at radius 1 is 1.50 bits per heavy atom. The van der Waals surface area contributed by atoms with Crippen LogP contribution in [0.2, 0.25) is 0 Å². The minimum atomic E-state index is -0.889. The first-order valence-corrected chi connectivity index (χ1v) is 8.61. The zero-order chi connectivity index (χ0) is 19.3. The highest BCUT2D eigenvalue weighted by Gasteiger charge is 2.44. The van der Waals surface area contributed by atoms with Crippen LogP contribution in [-0.2, 0) is 6.54 Å². The summed E-state index contributed by atoms with van der Waals surface area (Å²) in [5, 5.41) is 20.3. The van der Waals surface area contributed by atoms with Crippen LogP contribution in [0.1, 0.15) is 27.7 Å². The molecule has 0 aromatic carbocycles. The smallest absolute Gasteiger partial charge is 0.415 e. The number of amides is 1. The van der Waals surface area contributed by atoms with Gasteiger partial charge in [0.05, 0.1) is 12.6 Å². The predicted octanol–water partition coefficient (Wildman–Crippen LogP) is 1.65. The molecule has 2 aliphatic heterocycles. The molecule has 144 valence electrons. The van der Waals surface area contributed by atoms with Gasteiger partial charge in [-0.15, -0.1) is 0 Å². The lowest BCUT2D eigenvalue weighted by Crippen LogP contribution is -2.61. The molecule has 3 heterocycles. The Balaban J connectivity index is 1.68. The molecule has 0 saturated carbocycles. The van der Waals surface area contributed by atoms with Gasteiger partial charge < -0.3 is 24.9 Å². The van der Waals surface area contributed by atoms with Crippen molar-refractivity contribution < 1.29 is 19.6 Å². The van der Waals surface area contributed by atoms with Crippen LogP contribution in [0.3, 0.4) is 0 Å². The maximum absolute atomic E-state index is 11.5. The summed E-state index contributed by atoms with van der Waals surface area (Å²) in [6, 6.07) is 0.146. The van der Waals surface area contributed by atoms with Gasteiger partial charge in [-0.05, 0) is 17.3 Å². The third-order valence-electron chi connectivity index (χ3n) is 5.02. The number of fused-ring (bicyclic) bond motifs is 1. The number of hydrogen-bond acceptors (Lipinski definition) is 6. The summed E-state index contributed by atoms with van der Waals surface area (Å²) in [7, 11) is 0. The Bertz CT molecular complexity index is 702. The van der Waals surface area contributed by atoms with E-state index in [1.54, 1.807) is 4.57 Å². The highest BCUT2D eigenvalue weighted by Crippen LogP contribution is 2.33. The van der Waals surface area contributed by atoms with E-state index in [1.807, 2.05) is 27.7 Å². The number of nitrogens with zero attached hydrogens (tertiary/aromatic N) is 5. The van der Waals surface area contributed by atoms with Gasteiger partial charge in [0.25, 0.3) is 0 Å². The second kappa shape index (κ2) is 6.11. The minimum absolute atomic E-state index is 0.114. The van der Waals surface area contributed by atoms with E-state index in [0.717, 1.165) is 0 Å². The topological polar surface area (TPSA) is 114 Å². The van der Waals surface area contributed by atoms with Crippen molar-refractivity contribution in [1.29, 1.82) is 0 Å². The molecule has 0 aliphatic carbocycles. The fourth-order valence-corrected chi connectivity index (χ4v) is 3.79. The lowest BCUT2D eigenvalue weighted by Gasteiger charge is -2.47. The van der Waals surface area contributed by atoms with Crippen LogP contribution in [0.5, 0.6) is 6.01 Å². The van der Waals surface area contributed by atoms with Crippen molar-refractivity contribution in [3.05, 3.63) is 16.3 Å². The molecule has 0 bridgehead atoms. The molecule has 1 saturated heterocycles. The quantitative estimate of drug-likeness (QED) is 0.638. The van der Waals surface area contributed by atoms with Gasteiger partial charge in [0.15, 0.2) is 0 Å². The Kier molecular flexibility index (Phi) is 4.33. The van der Waals surface area contributed by atoms with Gasteiger partial charge in [0.2, 0.25) is 0 Å². The molecule has 2 atom stereocenters. The standard InChI is InChI=1S/C16H25N5O5/c1-15(2,3)11-7-18(5-6-20(11)14(22)23)9-16(4)10-19-8-12(21(24)25)17-13(19)26-16/h8,11H,5-7,9-10H2,1-4H3,(H,22,23). The van der Waals surface area contributed by atoms with E-state index in [4.69, 9.17) is 4.74 Å².